The molecule has 6 nitrogen and oxygen atoms in total. The molecular weight excluding hydrogens is 486 g/mol. The Hall–Kier alpha value is -2.23. The number of nitrogens with one attached hydrogen (secondary N) is 2. The lowest BCUT2D eigenvalue weighted by Gasteiger charge is -2.21. The molecule has 158 valence electrons. The fraction of sp³-hybridized carbons (Fsp3) is 0.381. The summed E-state index contributed by atoms with van der Waals surface area (Å²) >= 11 is 0. The van der Waals surface area contributed by atoms with Gasteiger partial charge < -0.3 is 25.0 Å². The van der Waals surface area contributed by atoms with Crippen LogP contribution in [-0.2, 0) is 6.54 Å². The standard InChI is InChI=1S/C21H27FN4O2.HI/c1-23-21(24-13-15-6-4-5-7-20(15)22)25-16-8-9-26(14-16)17-10-18(27-2)12-19(11-17)28-3;/h4-7,10-12,16H,8-9,13-14H2,1-3H3,(H2,23,24,25);1H. The van der Waals surface area contributed by atoms with Crippen molar-refractivity contribution in [3.8, 4) is 11.5 Å². The fourth-order valence-corrected chi connectivity index (χ4v) is 3.30. The molecule has 0 aromatic heterocycles. The number of hydrogen-bond donors (Lipinski definition) is 2. The summed E-state index contributed by atoms with van der Waals surface area (Å²) < 4.78 is 24.5. The molecule has 0 bridgehead atoms. The lowest BCUT2D eigenvalue weighted by atomic mass is 10.2. The minimum absolute atomic E-state index is 0. The summed E-state index contributed by atoms with van der Waals surface area (Å²) in [5, 5.41) is 6.61. The van der Waals surface area contributed by atoms with Crippen molar-refractivity contribution in [1.82, 2.24) is 10.6 Å². The van der Waals surface area contributed by atoms with E-state index in [1.54, 1.807) is 33.4 Å². The van der Waals surface area contributed by atoms with Gasteiger partial charge in [0.25, 0.3) is 0 Å². The maximum absolute atomic E-state index is 13.8. The Morgan fingerprint density at radius 2 is 1.86 bits per heavy atom. The van der Waals surface area contributed by atoms with E-state index in [4.69, 9.17) is 9.47 Å². The van der Waals surface area contributed by atoms with E-state index in [1.807, 2.05) is 24.3 Å². The molecule has 2 aromatic rings. The summed E-state index contributed by atoms with van der Waals surface area (Å²) in [6.45, 7) is 2.13. The van der Waals surface area contributed by atoms with Crippen molar-refractivity contribution in [1.29, 1.82) is 0 Å². The highest BCUT2D eigenvalue weighted by molar-refractivity contribution is 14.0. The Labute approximate surface area is 188 Å². The second kappa shape index (κ2) is 11.1. The number of halogens is 2. The Bertz CT molecular complexity index is 812. The minimum Gasteiger partial charge on any atom is -0.497 e. The maximum atomic E-state index is 13.8. The molecule has 1 unspecified atom stereocenters. The van der Waals surface area contributed by atoms with Gasteiger partial charge in [0.15, 0.2) is 5.96 Å². The van der Waals surface area contributed by atoms with Crippen LogP contribution in [0.3, 0.4) is 0 Å². The minimum atomic E-state index is -0.218. The van der Waals surface area contributed by atoms with E-state index in [-0.39, 0.29) is 35.8 Å². The van der Waals surface area contributed by atoms with Crippen molar-refractivity contribution < 1.29 is 13.9 Å². The van der Waals surface area contributed by atoms with Crippen LogP contribution in [0.15, 0.2) is 47.5 Å². The molecule has 2 aromatic carbocycles. The molecule has 8 heteroatoms. The van der Waals surface area contributed by atoms with Crippen LogP contribution < -0.4 is 25.0 Å². The van der Waals surface area contributed by atoms with E-state index in [0.29, 0.717) is 18.1 Å². The van der Waals surface area contributed by atoms with Gasteiger partial charge in [-0.05, 0) is 12.5 Å². The van der Waals surface area contributed by atoms with E-state index < -0.39 is 0 Å². The van der Waals surface area contributed by atoms with Crippen LogP contribution >= 0.6 is 24.0 Å². The largest absolute Gasteiger partial charge is 0.497 e. The van der Waals surface area contributed by atoms with Crippen molar-refractivity contribution in [2.75, 3.05) is 39.3 Å². The van der Waals surface area contributed by atoms with Crippen LogP contribution in [0.4, 0.5) is 10.1 Å². The van der Waals surface area contributed by atoms with Gasteiger partial charge in [0, 0.05) is 62.2 Å². The van der Waals surface area contributed by atoms with Crippen LogP contribution in [0, 0.1) is 5.82 Å². The van der Waals surface area contributed by atoms with E-state index >= 15 is 0 Å². The first-order valence-electron chi connectivity index (χ1n) is 9.31. The third-order valence-electron chi connectivity index (χ3n) is 4.86. The summed E-state index contributed by atoms with van der Waals surface area (Å²) in [6.07, 6.45) is 0.972. The first-order valence-corrected chi connectivity index (χ1v) is 9.31. The Morgan fingerprint density at radius 3 is 2.48 bits per heavy atom. The van der Waals surface area contributed by atoms with Crippen molar-refractivity contribution in [3.05, 3.63) is 53.8 Å². The van der Waals surface area contributed by atoms with Gasteiger partial charge in [-0.25, -0.2) is 4.39 Å². The summed E-state index contributed by atoms with van der Waals surface area (Å²) in [5.74, 6) is 1.99. The number of nitrogens with zero attached hydrogens (tertiary/aromatic N) is 2. The normalized spacial score (nSPS) is 16.2. The van der Waals surface area contributed by atoms with Gasteiger partial charge in [-0.1, -0.05) is 18.2 Å². The van der Waals surface area contributed by atoms with Crippen LogP contribution in [0.1, 0.15) is 12.0 Å². The first kappa shape index (κ1) is 23.1. The molecule has 1 saturated heterocycles. The average Bonchev–Trinajstić information content (AvgIpc) is 3.20. The molecule has 29 heavy (non-hydrogen) atoms. The third-order valence-corrected chi connectivity index (χ3v) is 4.86. The van der Waals surface area contributed by atoms with Gasteiger partial charge in [-0.3, -0.25) is 4.99 Å². The average molecular weight is 514 g/mol. The van der Waals surface area contributed by atoms with E-state index in [9.17, 15) is 4.39 Å². The number of hydrogen-bond acceptors (Lipinski definition) is 4. The number of benzene rings is 2. The van der Waals surface area contributed by atoms with Crippen molar-refractivity contribution in [2.24, 2.45) is 4.99 Å². The number of guanidine groups is 1. The molecule has 0 saturated carbocycles. The highest BCUT2D eigenvalue weighted by atomic mass is 127. The summed E-state index contributed by atoms with van der Waals surface area (Å²) in [4.78, 5) is 6.55. The van der Waals surface area contributed by atoms with E-state index in [0.717, 1.165) is 36.7 Å². The highest BCUT2D eigenvalue weighted by Gasteiger charge is 2.24. The molecule has 0 aliphatic carbocycles. The van der Waals surface area contributed by atoms with Crippen LogP contribution in [0.25, 0.3) is 0 Å². The van der Waals surface area contributed by atoms with Gasteiger partial charge in [0.1, 0.15) is 17.3 Å². The Balaban J connectivity index is 0.00000300. The summed E-state index contributed by atoms with van der Waals surface area (Å²) in [6, 6.07) is 12.9. The molecule has 1 fully saturated rings. The fourth-order valence-electron chi connectivity index (χ4n) is 3.30. The third kappa shape index (κ3) is 6.12. The summed E-state index contributed by atoms with van der Waals surface area (Å²) in [5.41, 5.74) is 1.68. The zero-order chi connectivity index (χ0) is 19.9. The van der Waals surface area contributed by atoms with Gasteiger partial charge in [0.05, 0.1) is 14.2 Å². The van der Waals surface area contributed by atoms with Gasteiger partial charge >= 0.3 is 0 Å². The first-order chi connectivity index (χ1) is 13.6. The molecule has 1 atom stereocenters. The van der Waals surface area contributed by atoms with Crippen LogP contribution in [-0.4, -0.2) is 46.4 Å². The van der Waals surface area contributed by atoms with Crippen molar-refractivity contribution in [2.45, 2.75) is 19.0 Å². The Kier molecular flexibility index (Phi) is 8.81. The van der Waals surface area contributed by atoms with Gasteiger partial charge in [-0.15, -0.1) is 24.0 Å². The molecule has 0 spiro atoms. The molecule has 1 aliphatic rings. The predicted molar refractivity (Wildman–Crippen MR) is 125 cm³/mol. The monoisotopic (exact) mass is 514 g/mol. The predicted octanol–water partition coefficient (Wildman–Crippen LogP) is 3.40. The second-order valence-corrected chi connectivity index (χ2v) is 6.66. The SMILES string of the molecule is CN=C(NCc1ccccc1F)NC1CCN(c2cc(OC)cc(OC)c2)C1.I. The molecule has 0 radical (unpaired) electrons. The highest BCUT2D eigenvalue weighted by Crippen LogP contribution is 2.30. The number of methoxy groups -OCH3 is 2. The number of aliphatic imine (C=N–C) groups is 1. The zero-order valence-electron chi connectivity index (χ0n) is 16.9. The summed E-state index contributed by atoms with van der Waals surface area (Å²) in [7, 11) is 5.02. The Morgan fingerprint density at radius 1 is 1.17 bits per heavy atom. The second-order valence-electron chi connectivity index (χ2n) is 6.66. The number of rotatable bonds is 6. The van der Waals surface area contributed by atoms with Crippen LogP contribution in [0.2, 0.25) is 0 Å². The van der Waals surface area contributed by atoms with Gasteiger partial charge in [0.2, 0.25) is 0 Å². The van der Waals surface area contributed by atoms with Crippen LogP contribution in [0.5, 0.6) is 11.5 Å². The molecular formula is C21H28FIN4O2. The van der Waals surface area contributed by atoms with E-state index in [2.05, 4.69) is 20.5 Å². The van der Waals surface area contributed by atoms with Crippen molar-refractivity contribution >= 4 is 35.6 Å². The molecule has 0 amide bonds. The zero-order valence-corrected chi connectivity index (χ0v) is 19.3. The molecule has 3 rings (SSSR count). The number of anilines is 1. The topological polar surface area (TPSA) is 58.1 Å². The molecule has 1 heterocycles. The lowest BCUT2D eigenvalue weighted by molar-refractivity contribution is 0.394. The molecule has 1 aliphatic heterocycles. The number of ether oxygens (including phenoxy) is 2. The smallest absolute Gasteiger partial charge is 0.191 e. The van der Waals surface area contributed by atoms with Gasteiger partial charge in [-0.2, -0.15) is 0 Å². The van der Waals surface area contributed by atoms with E-state index in [1.165, 1.54) is 6.07 Å². The van der Waals surface area contributed by atoms with Crippen molar-refractivity contribution in [3.63, 3.8) is 0 Å². The maximum Gasteiger partial charge on any atom is 0.191 e. The quantitative estimate of drug-likeness (QED) is 0.352. The molecule has 2 N–H and O–H groups in total. The lowest BCUT2D eigenvalue weighted by Crippen LogP contribution is -2.44.